The number of aryl methyl sites for hydroxylation is 2. The quantitative estimate of drug-likeness (QED) is 0.647. The van der Waals surface area contributed by atoms with Crippen LogP contribution in [0.4, 0.5) is 0 Å². The first-order valence-corrected chi connectivity index (χ1v) is 6.07. The SMILES string of the molecule is CCCn1cc(CCCNCCOC)cn1. The monoisotopic (exact) mass is 225 g/mol. The summed E-state index contributed by atoms with van der Waals surface area (Å²) in [5, 5.41) is 7.65. The van der Waals surface area contributed by atoms with Crippen LogP contribution in [0.2, 0.25) is 0 Å². The Bertz CT molecular complexity index is 273. The van der Waals surface area contributed by atoms with Crippen LogP contribution in [0, 0.1) is 0 Å². The summed E-state index contributed by atoms with van der Waals surface area (Å²) < 4.78 is 6.98. The van der Waals surface area contributed by atoms with Gasteiger partial charge in [-0.05, 0) is 31.4 Å². The molecule has 4 heteroatoms. The third kappa shape index (κ3) is 5.28. The normalized spacial score (nSPS) is 10.9. The van der Waals surface area contributed by atoms with Gasteiger partial charge in [-0.1, -0.05) is 6.92 Å². The molecule has 4 nitrogen and oxygen atoms in total. The van der Waals surface area contributed by atoms with Crippen LogP contribution < -0.4 is 5.32 Å². The van der Waals surface area contributed by atoms with Gasteiger partial charge in [0.1, 0.15) is 0 Å². The molecule has 0 aliphatic rings. The Hall–Kier alpha value is -0.870. The Kier molecular flexibility index (Phi) is 6.85. The van der Waals surface area contributed by atoms with E-state index in [1.54, 1.807) is 7.11 Å². The van der Waals surface area contributed by atoms with Gasteiger partial charge >= 0.3 is 0 Å². The van der Waals surface area contributed by atoms with Gasteiger partial charge in [0.15, 0.2) is 0 Å². The van der Waals surface area contributed by atoms with E-state index in [0.717, 1.165) is 45.5 Å². The molecule has 0 saturated heterocycles. The van der Waals surface area contributed by atoms with Crippen molar-refractivity contribution in [2.45, 2.75) is 32.7 Å². The van der Waals surface area contributed by atoms with Gasteiger partial charge < -0.3 is 10.1 Å². The lowest BCUT2D eigenvalue weighted by molar-refractivity contribution is 0.199. The predicted molar refractivity (Wildman–Crippen MR) is 65.6 cm³/mol. The first-order valence-electron chi connectivity index (χ1n) is 6.07. The number of hydrogen-bond donors (Lipinski definition) is 1. The van der Waals surface area contributed by atoms with E-state index >= 15 is 0 Å². The van der Waals surface area contributed by atoms with E-state index in [9.17, 15) is 0 Å². The van der Waals surface area contributed by atoms with Gasteiger partial charge in [0.2, 0.25) is 0 Å². The van der Waals surface area contributed by atoms with E-state index in [-0.39, 0.29) is 0 Å². The minimum Gasteiger partial charge on any atom is -0.383 e. The molecular weight excluding hydrogens is 202 g/mol. The Morgan fingerprint density at radius 2 is 2.31 bits per heavy atom. The van der Waals surface area contributed by atoms with Crippen molar-refractivity contribution >= 4 is 0 Å². The molecule has 0 fully saturated rings. The second-order valence-electron chi connectivity index (χ2n) is 3.96. The molecule has 0 aromatic carbocycles. The maximum absolute atomic E-state index is 4.96. The van der Waals surface area contributed by atoms with Crippen LogP contribution in [-0.2, 0) is 17.7 Å². The van der Waals surface area contributed by atoms with Crippen molar-refractivity contribution in [1.29, 1.82) is 0 Å². The second-order valence-corrected chi connectivity index (χ2v) is 3.96. The summed E-state index contributed by atoms with van der Waals surface area (Å²) in [5.41, 5.74) is 1.34. The first kappa shape index (κ1) is 13.2. The molecule has 16 heavy (non-hydrogen) atoms. The standard InChI is InChI=1S/C12H23N3O/c1-3-8-15-11-12(10-14-15)5-4-6-13-7-9-16-2/h10-11,13H,3-9H2,1-2H3. The van der Waals surface area contributed by atoms with Crippen LogP contribution in [0.15, 0.2) is 12.4 Å². The largest absolute Gasteiger partial charge is 0.383 e. The van der Waals surface area contributed by atoms with Crippen molar-refractivity contribution in [2.75, 3.05) is 26.8 Å². The highest BCUT2D eigenvalue weighted by atomic mass is 16.5. The molecule has 1 N–H and O–H groups in total. The molecule has 1 aromatic rings. The third-order valence-corrected chi connectivity index (χ3v) is 2.44. The number of rotatable bonds is 9. The van der Waals surface area contributed by atoms with Crippen molar-refractivity contribution in [3.63, 3.8) is 0 Å². The fourth-order valence-corrected chi connectivity index (χ4v) is 1.60. The van der Waals surface area contributed by atoms with Crippen molar-refractivity contribution < 1.29 is 4.74 Å². The molecule has 0 spiro atoms. The smallest absolute Gasteiger partial charge is 0.0587 e. The van der Waals surface area contributed by atoms with Crippen molar-refractivity contribution in [2.24, 2.45) is 0 Å². The molecule has 0 amide bonds. The summed E-state index contributed by atoms with van der Waals surface area (Å²) in [5.74, 6) is 0. The summed E-state index contributed by atoms with van der Waals surface area (Å²) >= 11 is 0. The molecule has 0 saturated carbocycles. The maximum Gasteiger partial charge on any atom is 0.0587 e. The van der Waals surface area contributed by atoms with E-state index < -0.39 is 0 Å². The molecule has 1 heterocycles. The highest BCUT2D eigenvalue weighted by molar-refractivity contribution is 5.03. The fraction of sp³-hybridized carbons (Fsp3) is 0.750. The van der Waals surface area contributed by atoms with Gasteiger partial charge in [-0.15, -0.1) is 0 Å². The van der Waals surface area contributed by atoms with Crippen LogP contribution in [0.25, 0.3) is 0 Å². The summed E-state index contributed by atoms with van der Waals surface area (Å²) in [4.78, 5) is 0. The number of hydrogen-bond acceptors (Lipinski definition) is 3. The number of nitrogens with zero attached hydrogens (tertiary/aromatic N) is 2. The molecule has 0 aliphatic heterocycles. The Morgan fingerprint density at radius 1 is 1.44 bits per heavy atom. The van der Waals surface area contributed by atoms with Crippen LogP contribution in [-0.4, -0.2) is 36.6 Å². The first-order chi connectivity index (χ1) is 7.86. The van der Waals surface area contributed by atoms with Crippen LogP contribution in [0.3, 0.4) is 0 Å². The summed E-state index contributed by atoms with van der Waals surface area (Å²) in [6, 6.07) is 0. The molecule has 1 aromatic heterocycles. The molecule has 0 unspecified atom stereocenters. The molecule has 92 valence electrons. The summed E-state index contributed by atoms with van der Waals surface area (Å²) in [6.45, 7) is 5.95. The Morgan fingerprint density at radius 3 is 3.06 bits per heavy atom. The molecule has 1 rings (SSSR count). The Balaban J connectivity index is 2.07. The number of methoxy groups -OCH3 is 1. The molecule has 0 aliphatic carbocycles. The zero-order valence-corrected chi connectivity index (χ0v) is 10.4. The zero-order chi connectivity index (χ0) is 11.6. The van der Waals surface area contributed by atoms with E-state index in [4.69, 9.17) is 4.74 Å². The molecule has 0 radical (unpaired) electrons. The van der Waals surface area contributed by atoms with Crippen molar-refractivity contribution in [3.8, 4) is 0 Å². The minimum atomic E-state index is 0.786. The molecular formula is C12H23N3O. The predicted octanol–water partition coefficient (Wildman–Crippen LogP) is 1.46. The lowest BCUT2D eigenvalue weighted by atomic mass is 10.2. The highest BCUT2D eigenvalue weighted by Gasteiger charge is 1.97. The number of nitrogens with one attached hydrogen (secondary N) is 1. The average Bonchev–Trinajstić information content (AvgIpc) is 2.72. The molecule has 0 bridgehead atoms. The molecule has 0 atom stereocenters. The third-order valence-electron chi connectivity index (χ3n) is 2.44. The lowest BCUT2D eigenvalue weighted by Crippen LogP contribution is -2.20. The topological polar surface area (TPSA) is 39.1 Å². The highest BCUT2D eigenvalue weighted by Crippen LogP contribution is 2.01. The summed E-state index contributed by atoms with van der Waals surface area (Å²) in [7, 11) is 1.73. The van der Waals surface area contributed by atoms with E-state index in [1.807, 2.05) is 10.9 Å². The minimum absolute atomic E-state index is 0.786. The summed E-state index contributed by atoms with van der Waals surface area (Å²) in [6.07, 6.45) is 7.52. The second kappa shape index (κ2) is 8.30. The van der Waals surface area contributed by atoms with Gasteiger partial charge in [0.25, 0.3) is 0 Å². The zero-order valence-electron chi connectivity index (χ0n) is 10.4. The number of aromatic nitrogens is 2. The number of ether oxygens (including phenoxy) is 1. The van der Waals surface area contributed by atoms with Gasteiger partial charge in [-0.25, -0.2) is 0 Å². The van der Waals surface area contributed by atoms with Crippen LogP contribution >= 0.6 is 0 Å². The van der Waals surface area contributed by atoms with Gasteiger partial charge in [0, 0.05) is 26.4 Å². The van der Waals surface area contributed by atoms with E-state index in [0.29, 0.717) is 0 Å². The van der Waals surface area contributed by atoms with Crippen molar-refractivity contribution in [3.05, 3.63) is 18.0 Å². The van der Waals surface area contributed by atoms with Crippen LogP contribution in [0.5, 0.6) is 0 Å². The van der Waals surface area contributed by atoms with Gasteiger partial charge in [0.05, 0.1) is 12.8 Å². The van der Waals surface area contributed by atoms with E-state index in [2.05, 4.69) is 23.5 Å². The average molecular weight is 225 g/mol. The van der Waals surface area contributed by atoms with Gasteiger partial charge in [-0.2, -0.15) is 5.10 Å². The van der Waals surface area contributed by atoms with Crippen molar-refractivity contribution in [1.82, 2.24) is 15.1 Å². The lowest BCUT2D eigenvalue weighted by Gasteiger charge is -2.02. The van der Waals surface area contributed by atoms with Crippen LogP contribution in [0.1, 0.15) is 25.3 Å². The Labute approximate surface area is 98.0 Å². The maximum atomic E-state index is 4.96. The van der Waals surface area contributed by atoms with E-state index in [1.165, 1.54) is 5.56 Å². The van der Waals surface area contributed by atoms with Gasteiger partial charge in [-0.3, -0.25) is 4.68 Å². The fourth-order valence-electron chi connectivity index (χ4n) is 1.60.